The molecule has 1 amide bonds. The molecule has 1 aliphatic heterocycles. The van der Waals surface area contributed by atoms with Crippen molar-refractivity contribution in [2.24, 2.45) is 13.0 Å². The Kier molecular flexibility index (Phi) is 5.64. The van der Waals surface area contributed by atoms with Gasteiger partial charge in [-0.15, -0.1) is 0 Å². The van der Waals surface area contributed by atoms with Crippen molar-refractivity contribution >= 4 is 28.7 Å². The van der Waals surface area contributed by atoms with Crippen LogP contribution in [0, 0.1) is 5.92 Å². The zero-order chi connectivity index (χ0) is 22.4. The van der Waals surface area contributed by atoms with E-state index >= 15 is 0 Å². The fourth-order valence-corrected chi connectivity index (χ4v) is 4.28. The Bertz CT molecular complexity index is 990. The molecule has 0 radical (unpaired) electrons. The number of nitrogens with zero attached hydrogens (tertiary/aromatic N) is 2. The zero-order valence-corrected chi connectivity index (χ0v) is 18.4. The molecule has 0 fully saturated rings. The fourth-order valence-electron chi connectivity index (χ4n) is 4.28. The lowest BCUT2D eigenvalue weighted by Crippen LogP contribution is -2.55. The summed E-state index contributed by atoms with van der Waals surface area (Å²) in [7, 11) is 4.24. The molecular weight excluding hydrogens is 388 g/mol. The van der Waals surface area contributed by atoms with Crippen LogP contribution in [0.25, 0.3) is 10.9 Å². The van der Waals surface area contributed by atoms with E-state index in [0.29, 0.717) is 5.69 Å². The predicted molar refractivity (Wildman–Crippen MR) is 109 cm³/mol. The summed E-state index contributed by atoms with van der Waals surface area (Å²) < 4.78 is 11.7. The molecule has 8 nitrogen and oxygen atoms in total. The second-order valence-electron chi connectivity index (χ2n) is 8.22. The van der Waals surface area contributed by atoms with E-state index in [9.17, 15) is 14.4 Å². The largest absolute Gasteiger partial charge is 0.468 e. The van der Waals surface area contributed by atoms with Gasteiger partial charge in [0.05, 0.1) is 25.7 Å². The molecule has 1 aromatic carbocycles. The minimum atomic E-state index is -1.40. The maximum atomic E-state index is 13.6. The van der Waals surface area contributed by atoms with Gasteiger partial charge in [-0.2, -0.15) is 0 Å². The molecule has 1 atom stereocenters. The summed E-state index contributed by atoms with van der Waals surface area (Å²) in [5.74, 6) is -3.34. The first kappa shape index (κ1) is 21.8. The number of aryl methyl sites for hydroxylation is 1. The number of fused-ring (bicyclic) bond motifs is 3. The fraction of sp³-hybridized carbons (Fsp3) is 0.500. The quantitative estimate of drug-likeness (QED) is 0.550. The lowest BCUT2D eigenvalue weighted by Gasteiger charge is -2.44. The van der Waals surface area contributed by atoms with E-state index in [2.05, 4.69) is 0 Å². The minimum absolute atomic E-state index is 0.345. The van der Waals surface area contributed by atoms with E-state index in [1.165, 1.54) is 14.2 Å². The molecule has 8 heteroatoms. The van der Waals surface area contributed by atoms with Crippen molar-refractivity contribution in [2.75, 3.05) is 14.2 Å². The van der Waals surface area contributed by atoms with Gasteiger partial charge in [0, 0.05) is 23.6 Å². The van der Waals surface area contributed by atoms with Crippen molar-refractivity contribution in [1.29, 1.82) is 0 Å². The third-order valence-electron chi connectivity index (χ3n) is 5.60. The smallest absolute Gasteiger partial charge is 0.322 e. The van der Waals surface area contributed by atoms with Crippen molar-refractivity contribution in [3.8, 4) is 0 Å². The van der Waals surface area contributed by atoms with Crippen LogP contribution in [0.5, 0.6) is 0 Å². The normalized spacial score (nSPS) is 18.1. The van der Waals surface area contributed by atoms with Crippen LogP contribution in [0.1, 0.15) is 45.0 Å². The number of carbonyl (C=O) groups is 3. The van der Waals surface area contributed by atoms with Crippen molar-refractivity contribution < 1.29 is 28.7 Å². The van der Waals surface area contributed by atoms with Crippen LogP contribution < -0.4 is 0 Å². The van der Waals surface area contributed by atoms with Crippen LogP contribution in [0.2, 0.25) is 0 Å². The van der Waals surface area contributed by atoms with Gasteiger partial charge in [-0.25, -0.2) is 5.06 Å². The van der Waals surface area contributed by atoms with E-state index in [1.807, 2.05) is 49.7 Å². The van der Waals surface area contributed by atoms with Crippen molar-refractivity contribution in [3.05, 3.63) is 35.5 Å². The van der Waals surface area contributed by atoms with Crippen LogP contribution in [0.15, 0.2) is 24.3 Å². The number of carbonyl (C=O) groups excluding carboxylic acids is 3. The highest BCUT2D eigenvalue weighted by molar-refractivity contribution is 6.01. The number of hydroxylamine groups is 2. The number of hydrogen-bond acceptors (Lipinski definition) is 6. The summed E-state index contributed by atoms with van der Waals surface area (Å²) in [6, 6.07) is 6.63. The number of esters is 2. The van der Waals surface area contributed by atoms with Gasteiger partial charge in [-0.1, -0.05) is 18.2 Å². The second-order valence-corrected chi connectivity index (χ2v) is 8.22. The molecule has 2 aromatic rings. The average Bonchev–Trinajstić information content (AvgIpc) is 3.01. The third kappa shape index (κ3) is 3.15. The van der Waals surface area contributed by atoms with Gasteiger partial charge in [0.25, 0.3) is 5.91 Å². The summed E-state index contributed by atoms with van der Waals surface area (Å²) in [6.07, 6.45) is -0.362. The van der Waals surface area contributed by atoms with Crippen LogP contribution in [0.3, 0.4) is 0 Å². The van der Waals surface area contributed by atoms with Gasteiger partial charge in [-0.05, 0) is 39.3 Å². The molecule has 0 spiro atoms. The highest BCUT2D eigenvalue weighted by atomic mass is 16.7. The van der Waals surface area contributed by atoms with E-state index in [-0.39, 0.29) is 12.0 Å². The van der Waals surface area contributed by atoms with Gasteiger partial charge in [-0.3, -0.25) is 19.2 Å². The number of benzene rings is 1. The number of aromatic nitrogens is 1. The van der Waals surface area contributed by atoms with Crippen LogP contribution in [-0.4, -0.2) is 47.8 Å². The number of methoxy groups -OCH3 is 2. The van der Waals surface area contributed by atoms with E-state index < -0.39 is 29.3 Å². The summed E-state index contributed by atoms with van der Waals surface area (Å²) in [6.45, 7) is 7.19. The van der Waals surface area contributed by atoms with Crippen molar-refractivity contribution in [2.45, 2.75) is 45.3 Å². The Morgan fingerprint density at radius 1 is 1.07 bits per heavy atom. The topological polar surface area (TPSA) is 87.1 Å². The first-order valence-corrected chi connectivity index (χ1v) is 9.81. The van der Waals surface area contributed by atoms with E-state index in [0.717, 1.165) is 21.5 Å². The van der Waals surface area contributed by atoms with Gasteiger partial charge in [0.15, 0.2) is 5.92 Å². The zero-order valence-electron chi connectivity index (χ0n) is 18.4. The molecule has 1 aromatic heterocycles. The maximum absolute atomic E-state index is 13.6. The van der Waals surface area contributed by atoms with Gasteiger partial charge < -0.3 is 14.0 Å². The maximum Gasteiger partial charge on any atom is 0.322 e. The first-order valence-electron chi connectivity index (χ1n) is 9.81. The van der Waals surface area contributed by atoms with Gasteiger partial charge in [0.2, 0.25) is 0 Å². The highest BCUT2D eigenvalue weighted by Crippen LogP contribution is 2.48. The molecular formula is C22H28N2O6. The number of amides is 1. The molecule has 2 heterocycles. The number of rotatable bonds is 5. The Morgan fingerprint density at radius 3 is 2.17 bits per heavy atom. The molecule has 0 N–H and O–H groups in total. The molecule has 0 saturated carbocycles. The Labute approximate surface area is 175 Å². The van der Waals surface area contributed by atoms with Crippen molar-refractivity contribution in [1.82, 2.24) is 9.63 Å². The molecule has 0 bridgehead atoms. The monoisotopic (exact) mass is 416 g/mol. The summed E-state index contributed by atoms with van der Waals surface area (Å²) in [4.78, 5) is 44.9. The molecule has 1 aliphatic rings. The van der Waals surface area contributed by atoms with Crippen LogP contribution in [0.4, 0.5) is 0 Å². The van der Waals surface area contributed by atoms with Crippen LogP contribution >= 0.6 is 0 Å². The Hall–Kier alpha value is -2.87. The SMILES string of the molecule is COC(=O)C(C(=O)OC)C1c2c(c3ccccc3n2C)C(C)(C)C(=O)N1OC(C)C. The molecule has 1 unspecified atom stereocenters. The van der Waals surface area contributed by atoms with Gasteiger partial charge >= 0.3 is 11.9 Å². The van der Waals surface area contributed by atoms with E-state index in [4.69, 9.17) is 14.3 Å². The van der Waals surface area contributed by atoms with E-state index in [1.54, 1.807) is 13.8 Å². The number of para-hydroxylation sites is 1. The van der Waals surface area contributed by atoms with Crippen molar-refractivity contribution in [3.63, 3.8) is 0 Å². The molecule has 30 heavy (non-hydrogen) atoms. The Balaban J connectivity index is 2.41. The minimum Gasteiger partial charge on any atom is -0.468 e. The third-order valence-corrected chi connectivity index (χ3v) is 5.60. The standard InChI is InChI=1S/C22H28N2O6/c1-12(2)30-24-17(15(19(25)28-6)20(26)29-7)18-16(22(3,4)21(24)27)13-10-8-9-11-14(13)23(18)5/h8-12,15,17H,1-7H3. The summed E-state index contributed by atoms with van der Waals surface area (Å²) in [5, 5.41) is 2.04. The summed E-state index contributed by atoms with van der Waals surface area (Å²) >= 11 is 0. The highest BCUT2D eigenvalue weighted by Gasteiger charge is 2.55. The summed E-state index contributed by atoms with van der Waals surface area (Å²) in [5.41, 5.74) is 1.34. The molecule has 0 aliphatic carbocycles. The lowest BCUT2D eigenvalue weighted by atomic mass is 9.75. The second kappa shape index (κ2) is 7.75. The molecule has 0 saturated heterocycles. The Morgan fingerprint density at radius 2 is 1.63 bits per heavy atom. The average molecular weight is 416 g/mol. The molecule has 162 valence electrons. The number of hydrogen-bond donors (Lipinski definition) is 0. The predicted octanol–water partition coefficient (Wildman–Crippen LogP) is 2.64. The first-order chi connectivity index (χ1) is 14.1. The van der Waals surface area contributed by atoms with Crippen LogP contribution in [-0.2, 0) is 41.2 Å². The molecule has 3 rings (SSSR count). The van der Waals surface area contributed by atoms with Gasteiger partial charge in [0.1, 0.15) is 6.04 Å². The number of ether oxygens (including phenoxy) is 2. The lowest BCUT2D eigenvalue weighted by molar-refractivity contribution is -0.234.